The van der Waals surface area contributed by atoms with Crippen LogP contribution >= 0.6 is 11.6 Å². The van der Waals surface area contributed by atoms with E-state index in [-0.39, 0.29) is 24.2 Å². The van der Waals surface area contributed by atoms with Gasteiger partial charge in [-0.1, -0.05) is 23.7 Å². The highest BCUT2D eigenvalue weighted by atomic mass is 35.5. The Morgan fingerprint density at radius 1 is 0.939 bits per heavy atom. The number of aromatic amines is 1. The number of amides is 2. The standard InChI is InChI=1S/C34H45ClN10O4/c1-33(2,3)48-31(46)37-17-14-25(20-8-7-9-21(35)18-20)41-29-36-16-15-26(42-29)27-24-19-38-30(43-28(24)45-44-27)39-22-10-12-23(13-11-22)40-32(47)49-34(4,5)6/h7-9,15-16,18-19,22-23,25H,10-14,17H2,1-6H3,(H,37,46)(H,40,47)(H,36,41,42)(H2,38,39,43,44,45)/t22-,23-,25?. The second-order valence-electron chi connectivity index (χ2n) is 14.1. The molecule has 1 saturated carbocycles. The van der Waals surface area contributed by atoms with Gasteiger partial charge in [0.25, 0.3) is 0 Å². The van der Waals surface area contributed by atoms with Gasteiger partial charge in [-0.05, 0) is 97.4 Å². The second-order valence-corrected chi connectivity index (χ2v) is 14.5. The second kappa shape index (κ2) is 15.2. The van der Waals surface area contributed by atoms with E-state index in [4.69, 9.17) is 26.1 Å². The van der Waals surface area contributed by atoms with Gasteiger partial charge in [0.15, 0.2) is 5.65 Å². The summed E-state index contributed by atoms with van der Waals surface area (Å²) in [6.45, 7) is 11.4. The van der Waals surface area contributed by atoms with E-state index in [2.05, 4.69) is 46.4 Å². The number of anilines is 2. The third kappa shape index (κ3) is 10.6. The SMILES string of the molecule is CC(C)(C)OC(=O)NCCC(Nc1nccc(-c2n[nH]c3nc(N[C@H]4CC[C@H](NC(=O)OC(C)(C)C)CC4)ncc23)n1)c1cccc(Cl)c1. The van der Waals surface area contributed by atoms with Crippen LogP contribution in [0.2, 0.25) is 5.02 Å². The minimum atomic E-state index is -0.592. The Balaban J connectivity index is 1.22. The van der Waals surface area contributed by atoms with Crippen LogP contribution in [-0.4, -0.2) is 72.2 Å². The lowest BCUT2D eigenvalue weighted by molar-refractivity contribution is 0.0488. The van der Waals surface area contributed by atoms with E-state index in [0.717, 1.165) is 31.2 Å². The molecule has 1 aliphatic rings. The minimum absolute atomic E-state index is 0.0772. The first-order valence-corrected chi connectivity index (χ1v) is 16.9. The van der Waals surface area contributed by atoms with Crippen molar-refractivity contribution in [3.8, 4) is 11.4 Å². The van der Waals surface area contributed by atoms with E-state index in [0.29, 0.717) is 52.3 Å². The zero-order valence-electron chi connectivity index (χ0n) is 28.8. The van der Waals surface area contributed by atoms with Crippen LogP contribution in [0.5, 0.6) is 0 Å². The monoisotopic (exact) mass is 692 g/mol. The van der Waals surface area contributed by atoms with Gasteiger partial charge in [0.05, 0.1) is 17.1 Å². The number of halogens is 1. The largest absolute Gasteiger partial charge is 0.444 e. The van der Waals surface area contributed by atoms with Gasteiger partial charge >= 0.3 is 12.2 Å². The van der Waals surface area contributed by atoms with Crippen molar-refractivity contribution in [3.63, 3.8) is 0 Å². The number of nitrogens with one attached hydrogen (secondary N) is 5. The van der Waals surface area contributed by atoms with Gasteiger partial charge in [-0.15, -0.1) is 0 Å². The molecule has 15 heteroatoms. The third-order valence-electron chi connectivity index (χ3n) is 7.65. The molecule has 0 aliphatic heterocycles. The van der Waals surface area contributed by atoms with E-state index < -0.39 is 17.3 Å². The highest BCUT2D eigenvalue weighted by molar-refractivity contribution is 6.30. The van der Waals surface area contributed by atoms with E-state index >= 15 is 0 Å². The Kier molecular flexibility index (Phi) is 11.1. The summed E-state index contributed by atoms with van der Waals surface area (Å²) in [4.78, 5) is 42.8. The van der Waals surface area contributed by atoms with Crippen LogP contribution in [0.15, 0.2) is 42.7 Å². The number of aromatic nitrogens is 6. The number of benzene rings is 1. The van der Waals surface area contributed by atoms with Crippen LogP contribution in [0, 0.1) is 0 Å². The number of nitrogens with zero attached hydrogens (tertiary/aromatic N) is 5. The summed E-state index contributed by atoms with van der Waals surface area (Å²) in [5.41, 5.74) is 1.55. The molecule has 3 aromatic heterocycles. The lowest BCUT2D eigenvalue weighted by Gasteiger charge is -2.30. The van der Waals surface area contributed by atoms with Crippen molar-refractivity contribution >= 4 is 46.7 Å². The molecule has 1 aromatic carbocycles. The Morgan fingerprint density at radius 2 is 1.65 bits per heavy atom. The number of hydrogen-bond acceptors (Lipinski definition) is 11. The molecule has 49 heavy (non-hydrogen) atoms. The molecule has 1 unspecified atom stereocenters. The zero-order chi connectivity index (χ0) is 35.2. The summed E-state index contributed by atoms with van der Waals surface area (Å²) in [6, 6.07) is 9.27. The van der Waals surface area contributed by atoms with Crippen molar-refractivity contribution in [1.29, 1.82) is 0 Å². The molecule has 2 amide bonds. The third-order valence-corrected chi connectivity index (χ3v) is 7.89. The average Bonchev–Trinajstić information content (AvgIpc) is 3.43. The van der Waals surface area contributed by atoms with Crippen LogP contribution < -0.4 is 21.3 Å². The first-order valence-electron chi connectivity index (χ1n) is 16.5. The summed E-state index contributed by atoms with van der Waals surface area (Å²) >= 11 is 6.31. The predicted octanol–water partition coefficient (Wildman–Crippen LogP) is 6.78. The molecule has 0 bridgehead atoms. The molecule has 1 atom stereocenters. The number of alkyl carbamates (subject to hydrolysis) is 2. The van der Waals surface area contributed by atoms with Crippen molar-refractivity contribution in [2.24, 2.45) is 0 Å². The Bertz CT molecular complexity index is 1740. The summed E-state index contributed by atoms with van der Waals surface area (Å²) in [5, 5.41) is 21.4. The molecular formula is C34H45ClN10O4. The maximum absolute atomic E-state index is 12.2. The first-order chi connectivity index (χ1) is 23.2. The van der Waals surface area contributed by atoms with Crippen LogP contribution in [0.3, 0.4) is 0 Å². The zero-order valence-corrected chi connectivity index (χ0v) is 29.5. The van der Waals surface area contributed by atoms with Gasteiger partial charge in [-0.25, -0.2) is 24.5 Å². The van der Waals surface area contributed by atoms with Gasteiger partial charge in [0, 0.05) is 36.0 Å². The molecule has 4 aromatic rings. The summed E-state index contributed by atoms with van der Waals surface area (Å²) in [7, 11) is 0. The van der Waals surface area contributed by atoms with Crippen LogP contribution in [0.1, 0.15) is 85.3 Å². The predicted molar refractivity (Wildman–Crippen MR) is 188 cm³/mol. The van der Waals surface area contributed by atoms with Crippen molar-refractivity contribution in [2.45, 2.75) is 103 Å². The molecule has 3 heterocycles. The van der Waals surface area contributed by atoms with E-state index in [1.165, 1.54) is 0 Å². The van der Waals surface area contributed by atoms with Gasteiger partial charge < -0.3 is 30.7 Å². The Hall–Kier alpha value is -4.72. The number of carbonyl (C=O) groups excluding carboxylic acids is 2. The normalized spacial score (nSPS) is 17.2. The van der Waals surface area contributed by atoms with Gasteiger partial charge in [-0.2, -0.15) is 10.1 Å². The molecule has 262 valence electrons. The lowest BCUT2D eigenvalue weighted by atomic mass is 9.91. The fraction of sp³-hybridized carbons (Fsp3) is 0.500. The first kappa shape index (κ1) is 35.6. The highest BCUT2D eigenvalue weighted by Gasteiger charge is 2.26. The summed E-state index contributed by atoms with van der Waals surface area (Å²) in [6.07, 6.45) is 6.42. The van der Waals surface area contributed by atoms with Crippen LogP contribution in [0.4, 0.5) is 21.5 Å². The molecule has 0 radical (unpaired) electrons. The van der Waals surface area contributed by atoms with Crippen molar-refractivity contribution in [2.75, 3.05) is 17.2 Å². The topological polar surface area (TPSA) is 181 Å². The molecule has 1 fully saturated rings. The van der Waals surface area contributed by atoms with Gasteiger partial charge in [0.1, 0.15) is 16.9 Å². The maximum Gasteiger partial charge on any atom is 0.407 e. The smallest absolute Gasteiger partial charge is 0.407 e. The minimum Gasteiger partial charge on any atom is -0.444 e. The maximum atomic E-state index is 12.2. The molecule has 0 saturated heterocycles. The quantitative estimate of drug-likeness (QED) is 0.118. The number of H-pyrrole nitrogens is 1. The van der Waals surface area contributed by atoms with E-state index in [9.17, 15) is 9.59 Å². The Morgan fingerprint density at radius 3 is 2.37 bits per heavy atom. The van der Waals surface area contributed by atoms with Gasteiger partial charge in [-0.3, -0.25) is 5.10 Å². The highest BCUT2D eigenvalue weighted by Crippen LogP contribution is 2.28. The molecule has 0 spiro atoms. The van der Waals surface area contributed by atoms with Crippen molar-refractivity contribution in [1.82, 2.24) is 40.8 Å². The Labute approximate surface area is 290 Å². The molecular weight excluding hydrogens is 648 g/mol. The number of hydrogen-bond donors (Lipinski definition) is 5. The number of carbonyl (C=O) groups is 2. The number of fused-ring (bicyclic) bond motifs is 1. The summed E-state index contributed by atoms with van der Waals surface area (Å²) < 4.78 is 10.8. The molecule has 5 N–H and O–H groups in total. The van der Waals surface area contributed by atoms with E-state index in [1.54, 1.807) is 24.5 Å². The fourth-order valence-electron chi connectivity index (χ4n) is 5.51. The molecule has 1 aliphatic carbocycles. The van der Waals surface area contributed by atoms with Crippen LogP contribution in [0.25, 0.3) is 22.4 Å². The van der Waals surface area contributed by atoms with Crippen LogP contribution in [-0.2, 0) is 9.47 Å². The summed E-state index contributed by atoms with van der Waals surface area (Å²) in [5.74, 6) is 0.882. The molecule has 5 rings (SSSR count). The average molecular weight is 693 g/mol. The number of ether oxygens (including phenoxy) is 2. The van der Waals surface area contributed by atoms with Gasteiger partial charge in [0.2, 0.25) is 11.9 Å². The van der Waals surface area contributed by atoms with E-state index in [1.807, 2.05) is 59.7 Å². The number of rotatable bonds is 10. The lowest BCUT2D eigenvalue weighted by Crippen LogP contribution is -2.42. The fourth-order valence-corrected chi connectivity index (χ4v) is 5.71. The molecule has 14 nitrogen and oxygen atoms in total. The van der Waals surface area contributed by atoms with Crippen molar-refractivity contribution in [3.05, 3.63) is 53.3 Å². The van der Waals surface area contributed by atoms with Crippen molar-refractivity contribution < 1.29 is 19.1 Å².